The van der Waals surface area contributed by atoms with E-state index in [-0.39, 0.29) is 0 Å². The number of hydrogen-bond acceptors (Lipinski definition) is 4. The molecule has 2 rings (SSSR count). The highest BCUT2D eigenvalue weighted by Crippen LogP contribution is 2.25. The van der Waals surface area contributed by atoms with Crippen LogP contribution in [-0.4, -0.2) is 11.0 Å². The summed E-state index contributed by atoms with van der Waals surface area (Å²) in [5.41, 5.74) is 2.36. The monoisotopic (exact) mass is 208 g/mol. The normalized spacial score (nSPS) is 11.0. The molecule has 0 saturated carbocycles. The lowest BCUT2D eigenvalue weighted by Crippen LogP contribution is -2.03. The topological polar surface area (TPSA) is 48.1 Å². The van der Waals surface area contributed by atoms with Gasteiger partial charge in [0.25, 0.3) is 0 Å². The van der Waals surface area contributed by atoms with E-state index in [0.29, 0.717) is 6.61 Å². The summed E-state index contributed by atoms with van der Waals surface area (Å²) in [5.74, 6) is 5.02. The first-order valence-corrected chi connectivity index (χ1v) is 5.26. The van der Waals surface area contributed by atoms with Crippen molar-refractivity contribution in [2.24, 2.45) is 5.90 Å². The van der Waals surface area contributed by atoms with Crippen LogP contribution in [0.5, 0.6) is 0 Å². The molecule has 3 nitrogen and oxygen atoms in total. The Morgan fingerprint density at radius 2 is 2.36 bits per heavy atom. The molecule has 0 aliphatic heterocycles. The van der Waals surface area contributed by atoms with Crippen LogP contribution in [0.2, 0.25) is 0 Å². The van der Waals surface area contributed by atoms with E-state index in [4.69, 9.17) is 5.90 Å². The Morgan fingerprint density at radius 3 is 3.14 bits per heavy atom. The second-order valence-corrected chi connectivity index (χ2v) is 3.98. The van der Waals surface area contributed by atoms with Gasteiger partial charge in [0.1, 0.15) is 0 Å². The summed E-state index contributed by atoms with van der Waals surface area (Å²) in [4.78, 5) is 4.59. The van der Waals surface area contributed by atoms with Crippen molar-refractivity contribution in [3.8, 4) is 0 Å². The van der Waals surface area contributed by atoms with Crippen LogP contribution in [-0.2, 0) is 11.3 Å². The first-order chi connectivity index (χ1) is 6.83. The fourth-order valence-corrected chi connectivity index (χ4v) is 2.44. The zero-order valence-corrected chi connectivity index (χ0v) is 8.80. The molecule has 2 aromatic rings. The Hall–Kier alpha value is -0.970. The van der Waals surface area contributed by atoms with Crippen LogP contribution >= 0.6 is 11.5 Å². The predicted octanol–water partition coefficient (Wildman–Crippen LogP) is 2.04. The number of nitrogens with two attached hydrogens (primary N) is 1. The van der Waals surface area contributed by atoms with Crippen molar-refractivity contribution in [1.29, 1.82) is 0 Å². The number of aromatic nitrogens is 1. The standard InChI is InChI=1S/C10H12N2OS/c1-7-10-8(5-6-13-11)3-2-4-9(10)14-12-7/h2-4H,5-6,11H2,1H3. The van der Waals surface area contributed by atoms with E-state index in [1.54, 1.807) is 0 Å². The highest BCUT2D eigenvalue weighted by molar-refractivity contribution is 7.13. The van der Waals surface area contributed by atoms with Gasteiger partial charge in [-0.3, -0.25) is 0 Å². The van der Waals surface area contributed by atoms with E-state index in [0.717, 1.165) is 12.1 Å². The van der Waals surface area contributed by atoms with E-state index in [2.05, 4.69) is 21.3 Å². The van der Waals surface area contributed by atoms with Gasteiger partial charge in [0.2, 0.25) is 0 Å². The highest BCUT2D eigenvalue weighted by Gasteiger charge is 2.06. The van der Waals surface area contributed by atoms with Gasteiger partial charge in [-0.25, -0.2) is 5.90 Å². The molecule has 4 heteroatoms. The molecule has 0 unspecified atom stereocenters. The zero-order valence-electron chi connectivity index (χ0n) is 7.99. The van der Waals surface area contributed by atoms with Gasteiger partial charge in [-0.1, -0.05) is 12.1 Å². The summed E-state index contributed by atoms with van der Waals surface area (Å²) in [6.07, 6.45) is 0.840. The second-order valence-electron chi connectivity index (χ2n) is 3.18. The lowest BCUT2D eigenvalue weighted by atomic mass is 10.1. The number of benzene rings is 1. The minimum absolute atomic E-state index is 0.550. The van der Waals surface area contributed by atoms with E-state index in [1.165, 1.54) is 27.2 Å². The molecule has 2 N–H and O–H groups in total. The van der Waals surface area contributed by atoms with Gasteiger partial charge >= 0.3 is 0 Å². The third kappa shape index (κ3) is 1.64. The average molecular weight is 208 g/mol. The molecule has 0 aliphatic carbocycles. The SMILES string of the molecule is Cc1nsc2cccc(CCON)c12. The molecule has 1 heterocycles. The second kappa shape index (κ2) is 4.04. The fourth-order valence-electron chi connectivity index (χ4n) is 1.60. The molecule has 1 aromatic heterocycles. The highest BCUT2D eigenvalue weighted by atomic mass is 32.1. The molecular formula is C10H12N2OS. The number of rotatable bonds is 3. The molecule has 0 bridgehead atoms. The van der Waals surface area contributed by atoms with Crippen molar-refractivity contribution < 1.29 is 4.84 Å². The number of nitrogens with zero attached hydrogens (tertiary/aromatic N) is 1. The molecule has 74 valence electrons. The van der Waals surface area contributed by atoms with Gasteiger partial charge in [0, 0.05) is 5.39 Å². The van der Waals surface area contributed by atoms with Gasteiger partial charge in [-0.2, -0.15) is 4.37 Å². The predicted molar refractivity (Wildman–Crippen MR) is 58.2 cm³/mol. The Labute approximate surface area is 86.6 Å². The third-order valence-electron chi connectivity index (χ3n) is 2.24. The lowest BCUT2D eigenvalue weighted by molar-refractivity contribution is 0.141. The molecule has 0 saturated heterocycles. The van der Waals surface area contributed by atoms with Crippen molar-refractivity contribution in [2.45, 2.75) is 13.3 Å². The summed E-state index contributed by atoms with van der Waals surface area (Å²) in [5, 5.41) is 1.26. The maximum Gasteiger partial charge on any atom is 0.0719 e. The summed E-state index contributed by atoms with van der Waals surface area (Å²) < 4.78 is 5.57. The largest absolute Gasteiger partial charge is 0.304 e. The molecule has 0 amide bonds. The van der Waals surface area contributed by atoms with Gasteiger partial charge < -0.3 is 4.84 Å². The van der Waals surface area contributed by atoms with E-state index in [9.17, 15) is 0 Å². The summed E-state index contributed by atoms with van der Waals surface area (Å²) in [6, 6.07) is 6.24. The van der Waals surface area contributed by atoms with Gasteiger partial charge in [0.15, 0.2) is 0 Å². The summed E-state index contributed by atoms with van der Waals surface area (Å²) in [7, 11) is 0. The Morgan fingerprint density at radius 1 is 1.50 bits per heavy atom. The molecule has 1 aromatic carbocycles. The van der Waals surface area contributed by atoms with E-state index < -0.39 is 0 Å². The lowest BCUT2D eigenvalue weighted by Gasteiger charge is -2.02. The van der Waals surface area contributed by atoms with Crippen LogP contribution < -0.4 is 5.90 Å². The fraction of sp³-hybridized carbons (Fsp3) is 0.300. The van der Waals surface area contributed by atoms with Crippen LogP contribution in [0.4, 0.5) is 0 Å². The quantitative estimate of drug-likeness (QED) is 0.785. The van der Waals surface area contributed by atoms with Crippen LogP contribution in [0, 0.1) is 6.92 Å². The third-order valence-corrected chi connectivity index (χ3v) is 3.15. The van der Waals surface area contributed by atoms with Crippen molar-refractivity contribution in [1.82, 2.24) is 4.37 Å². The van der Waals surface area contributed by atoms with E-state index >= 15 is 0 Å². The minimum Gasteiger partial charge on any atom is -0.304 e. The number of hydrogen-bond donors (Lipinski definition) is 1. The molecular weight excluding hydrogens is 196 g/mol. The summed E-state index contributed by atoms with van der Waals surface area (Å²) in [6.45, 7) is 2.58. The smallest absolute Gasteiger partial charge is 0.0719 e. The van der Waals surface area contributed by atoms with Crippen LogP contribution in [0.15, 0.2) is 18.2 Å². The van der Waals surface area contributed by atoms with Crippen molar-refractivity contribution in [2.75, 3.05) is 6.61 Å². The van der Waals surface area contributed by atoms with Gasteiger partial charge in [0.05, 0.1) is 17.0 Å². The average Bonchev–Trinajstić information content (AvgIpc) is 2.58. The molecule has 0 radical (unpaired) electrons. The van der Waals surface area contributed by atoms with Gasteiger partial charge in [-0.05, 0) is 36.5 Å². The molecule has 0 spiro atoms. The Balaban J connectivity index is 2.46. The maximum atomic E-state index is 5.02. The Bertz CT molecular complexity index is 439. The number of fused-ring (bicyclic) bond motifs is 1. The first-order valence-electron chi connectivity index (χ1n) is 4.48. The molecule has 0 fully saturated rings. The van der Waals surface area contributed by atoms with Crippen molar-refractivity contribution in [3.05, 3.63) is 29.5 Å². The number of aryl methyl sites for hydroxylation is 1. The summed E-state index contributed by atoms with van der Waals surface area (Å²) >= 11 is 1.54. The van der Waals surface area contributed by atoms with E-state index in [1.807, 2.05) is 13.0 Å². The Kier molecular flexibility index (Phi) is 2.77. The van der Waals surface area contributed by atoms with Gasteiger partial charge in [-0.15, -0.1) is 0 Å². The molecule has 0 aliphatic rings. The maximum absolute atomic E-state index is 5.02. The van der Waals surface area contributed by atoms with Crippen LogP contribution in [0.25, 0.3) is 10.1 Å². The van der Waals surface area contributed by atoms with Crippen LogP contribution in [0.1, 0.15) is 11.3 Å². The first kappa shape index (κ1) is 9.58. The minimum atomic E-state index is 0.550. The molecule has 14 heavy (non-hydrogen) atoms. The van der Waals surface area contributed by atoms with Crippen LogP contribution in [0.3, 0.4) is 0 Å². The van der Waals surface area contributed by atoms with Crippen molar-refractivity contribution in [3.63, 3.8) is 0 Å². The zero-order chi connectivity index (χ0) is 9.97. The molecule has 0 atom stereocenters. The van der Waals surface area contributed by atoms with Crippen molar-refractivity contribution >= 4 is 21.6 Å².